The van der Waals surface area contributed by atoms with Crippen molar-refractivity contribution in [1.29, 1.82) is 0 Å². The quantitative estimate of drug-likeness (QED) is 0.742. The van der Waals surface area contributed by atoms with Gasteiger partial charge in [-0.15, -0.1) is 0 Å². The van der Waals surface area contributed by atoms with Crippen LogP contribution in [0.2, 0.25) is 0 Å². The van der Waals surface area contributed by atoms with Crippen LogP contribution in [0, 0.1) is 0 Å². The highest BCUT2D eigenvalue weighted by atomic mass is 16.5. The molecule has 0 radical (unpaired) electrons. The Morgan fingerprint density at radius 3 is 2.82 bits per heavy atom. The summed E-state index contributed by atoms with van der Waals surface area (Å²) in [7, 11) is 0. The van der Waals surface area contributed by atoms with Crippen molar-refractivity contribution < 1.29 is 9.53 Å². The number of carbonyl (C=O) groups excluding carboxylic acids is 1. The molecular formula is C13H20N2O2. The van der Waals surface area contributed by atoms with Crippen molar-refractivity contribution in [2.24, 2.45) is 0 Å². The Morgan fingerprint density at radius 2 is 2.18 bits per heavy atom. The van der Waals surface area contributed by atoms with Crippen LogP contribution in [0.5, 0.6) is 5.75 Å². The molecule has 1 rings (SSSR count). The van der Waals surface area contributed by atoms with Gasteiger partial charge in [0.2, 0.25) is 5.91 Å². The van der Waals surface area contributed by atoms with Crippen molar-refractivity contribution in [3.8, 4) is 5.75 Å². The minimum absolute atomic E-state index is 0.00820. The SMILES string of the molecule is CCC(C)NC(=O)CCOc1ccccc1N. The first kappa shape index (κ1) is 13.4. The third-order valence-corrected chi connectivity index (χ3v) is 2.53. The highest BCUT2D eigenvalue weighted by molar-refractivity contribution is 5.76. The molecule has 1 aromatic rings. The van der Waals surface area contributed by atoms with Crippen LogP contribution in [-0.2, 0) is 4.79 Å². The Bertz CT molecular complexity index is 366. The van der Waals surface area contributed by atoms with E-state index in [0.717, 1.165) is 6.42 Å². The average molecular weight is 236 g/mol. The summed E-state index contributed by atoms with van der Waals surface area (Å²) >= 11 is 0. The molecule has 0 heterocycles. The number of ether oxygens (including phenoxy) is 1. The number of carbonyl (C=O) groups is 1. The van der Waals surface area contributed by atoms with Crippen LogP contribution in [-0.4, -0.2) is 18.6 Å². The molecule has 17 heavy (non-hydrogen) atoms. The first-order chi connectivity index (χ1) is 8.13. The highest BCUT2D eigenvalue weighted by Gasteiger charge is 2.06. The molecule has 3 N–H and O–H groups in total. The van der Waals surface area contributed by atoms with E-state index in [1.165, 1.54) is 0 Å². The van der Waals surface area contributed by atoms with Gasteiger partial charge in [0.05, 0.1) is 18.7 Å². The van der Waals surface area contributed by atoms with E-state index in [4.69, 9.17) is 10.5 Å². The molecule has 1 unspecified atom stereocenters. The van der Waals surface area contributed by atoms with Gasteiger partial charge in [0, 0.05) is 6.04 Å². The summed E-state index contributed by atoms with van der Waals surface area (Å²) in [6.07, 6.45) is 1.27. The number of para-hydroxylation sites is 2. The van der Waals surface area contributed by atoms with E-state index < -0.39 is 0 Å². The molecule has 0 aliphatic rings. The van der Waals surface area contributed by atoms with Crippen molar-refractivity contribution in [3.63, 3.8) is 0 Å². The van der Waals surface area contributed by atoms with E-state index >= 15 is 0 Å². The van der Waals surface area contributed by atoms with Gasteiger partial charge in [-0.3, -0.25) is 4.79 Å². The third kappa shape index (κ3) is 4.76. The number of anilines is 1. The first-order valence-electron chi connectivity index (χ1n) is 5.90. The largest absolute Gasteiger partial charge is 0.491 e. The standard InChI is InChI=1S/C13H20N2O2/c1-3-10(2)15-13(16)8-9-17-12-7-5-4-6-11(12)14/h4-7,10H,3,8-9,14H2,1-2H3,(H,15,16). The number of amides is 1. The van der Waals surface area contributed by atoms with Crippen molar-refractivity contribution >= 4 is 11.6 Å². The normalized spacial score (nSPS) is 11.9. The Labute approximate surface area is 102 Å². The molecule has 0 saturated carbocycles. The second-order valence-electron chi connectivity index (χ2n) is 4.01. The minimum Gasteiger partial charge on any atom is -0.491 e. The van der Waals surface area contributed by atoms with E-state index in [-0.39, 0.29) is 11.9 Å². The number of hydrogen-bond donors (Lipinski definition) is 2. The van der Waals surface area contributed by atoms with Gasteiger partial charge in [-0.2, -0.15) is 0 Å². The summed E-state index contributed by atoms with van der Waals surface area (Å²) in [5.41, 5.74) is 6.31. The summed E-state index contributed by atoms with van der Waals surface area (Å²) in [5.74, 6) is 0.637. The molecule has 4 heteroatoms. The van der Waals surface area contributed by atoms with Gasteiger partial charge in [-0.1, -0.05) is 19.1 Å². The molecule has 1 atom stereocenters. The zero-order valence-electron chi connectivity index (χ0n) is 10.4. The van der Waals surface area contributed by atoms with Crippen LogP contribution >= 0.6 is 0 Å². The monoisotopic (exact) mass is 236 g/mol. The number of benzene rings is 1. The van der Waals surface area contributed by atoms with E-state index in [1.54, 1.807) is 12.1 Å². The number of nitrogen functional groups attached to an aromatic ring is 1. The molecule has 0 bridgehead atoms. The fourth-order valence-electron chi connectivity index (χ4n) is 1.31. The van der Waals surface area contributed by atoms with Gasteiger partial charge >= 0.3 is 0 Å². The van der Waals surface area contributed by atoms with Crippen LogP contribution in [0.1, 0.15) is 26.7 Å². The Kier molecular flexibility index (Phi) is 5.33. The van der Waals surface area contributed by atoms with Crippen LogP contribution in [0.25, 0.3) is 0 Å². The molecule has 1 amide bonds. The number of rotatable bonds is 6. The van der Waals surface area contributed by atoms with Crippen molar-refractivity contribution in [2.75, 3.05) is 12.3 Å². The Hall–Kier alpha value is -1.71. The fourth-order valence-corrected chi connectivity index (χ4v) is 1.31. The lowest BCUT2D eigenvalue weighted by Crippen LogP contribution is -2.32. The molecule has 1 aromatic carbocycles. The van der Waals surface area contributed by atoms with Gasteiger partial charge < -0.3 is 15.8 Å². The highest BCUT2D eigenvalue weighted by Crippen LogP contribution is 2.19. The number of hydrogen-bond acceptors (Lipinski definition) is 3. The van der Waals surface area contributed by atoms with Crippen molar-refractivity contribution in [3.05, 3.63) is 24.3 Å². The molecular weight excluding hydrogens is 216 g/mol. The molecule has 0 saturated heterocycles. The zero-order valence-corrected chi connectivity index (χ0v) is 10.4. The minimum atomic E-state index is 0.00820. The predicted octanol–water partition coefficient (Wildman–Crippen LogP) is 1.95. The Balaban J connectivity index is 2.29. The lowest BCUT2D eigenvalue weighted by Gasteiger charge is -2.12. The van der Waals surface area contributed by atoms with Crippen LogP contribution in [0.15, 0.2) is 24.3 Å². The van der Waals surface area contributed by atoms with Gasteiger partial charge in [0.15, 0.2) is 0 Å². The maximum atomic E-state index is 11.5. The molecule has 0 aliphatic heterocycles. The van der Waals surface area contributed by atoms with Crippen LogP contribution < -0.4 is 15.8 Å². The molecule has 0 aromatic heterocycles. The van der Waals surface area contributed by atoms with E-state index in [2.05, 4.69) is 5.32 Å². The van der Waals surface area contributed by atoms with Gasteiger partial charge in [0.25, 0.3) is 0 Å². The average Bonchev–Trinajstić information content (AvgIpc) is 2.31. The molecule has 4 nitrogen and oxygen atoms in total. The summed E-state index contributed by atoms with van der Waals surface area (Å²) in [5, 5.41) is 2.88. The summed E-state index contributed by atoms with van der Waals surface area (Å²) in [6, 6.07) is 7.48. The van der Waals surface area contributed by atoms with Crippen molar-refractivity contribution in [1.82, 2.24) is 5.32 Å². The molecule has 0 aliphatic carbocycles. The third-order valence-electron chi connectivity index (χ3n) is 2.53. The van der Waals surface area contributed by atoms with Crippen LogP contribution in [0.3, 0.4) is 0 Å². The Morgan fingerprint density at radius 1 is 1.47 bits per heavy atom. The molecule has 0 fully saturated rings. The maximum absolute atomic E-state index is 11.5. The summed E-state index contributed by atoms with van der Waals surface area (Å²) in [4.78, 5) is 11.5. The first-order valence-corrected chi connectivity index (χ1v) is 5.90. The van der Waals surface area contributed by atoms with Crippen LogP contribution in [0.4, 0.5) is 5.69 Å². The van der Waals surface area contributed by atoms with Gasteiger partial charge in [-0.05, 0) is 25.5 Å². The zero-order chi connectivity index (χ0) is 12.7. The molecule has 94 valence electrons. The lowest BCUT2D eigenvalue weighted by molar-refractivity contribution is -0.122. The predicted molar refractivity (Wildman–Crippen MR) is 68.9 cm³/mol. The van der Waals surface area contributed by atoms with Gasteiger partial charge in [0.1, 0.15) is 5.75 Å². The van der Waals surface area contributed by atoms with Gasteiger partial charge in [-0.25, -0.2) is 0 Å². The second-order valence-corrected chi connectivity index (χ2v) is 4.01. The van der Waals surface area contributed by atoms with E-state index in [1.807, 2.05) is 26.0 Å². The molecule has 0 spiro atoms. The maximum Gasteiger partial charge on any atom is 0.223 e. The summed E-state index contributed by atoms with van der Waals surface area (Å²) < 4.78 is 5.44. The van der Waals surface area contributed by atoms with Crippen molar-refractivity contribution in [2.45, 2.75) is 32.7 Å². The fraction of sp³-hybridized carbons (Fsp3) is 0.462. The number of nitrogens with one attached hydrogen (secondary N) is 1. The number of nitrogens with two attached hydrogens (primary N) is 1. The second kappa shape index (κ2) is 6.78. The summed E-state index contributed by atoms with van der Waals surface area (Å²) in [6.45, 7) is 4.36. The smallest absolute Gasteiger partial charge is 0.223 e. The lowest BCUT2D eigenvalue weighted by atomic mass is 10.2. The van der Waals surface area contributed by atoms with E-state index in [0.29, 0.717) is 24.5 Å². The topological polar surface area (TPSA) is 64.3 Å². The van der Waals surface area contributed by atoms with E-state index in [9.17, 15) is 4.79 Å².